The molecule has 1 fully saturated rings. The highest BCUT2D eigenvalue weighted by molar-refractivity contribution is 5.86. The van der Waals surface area contributed by atoms with Gasteiger partial charge in [0, 0.05) is 25.1 Å². The molecule has 2 bridgehead atoms. The van der Waals surface area contributed by atoms with Crippen LogP contribution in [0.5, 0.6) is 5.75 Å². The standard InChI is InChI=1S/C21H22FN5O/c1-13-8-9-23-21-20-16(24-12-25-21)5-7-19(26-20)27-10-2-3-17(27)15-11-14(22)4-6-18(15)28-13/h4-7,11-13,17H,2-3,8-10H2,1H3,(H,23,24,25)/t13-,17+/m0/s1. The van der Waals surface area contributed by atoms with E-state index in [2.05, 4.69) is 20.2 Å². The number of rotatable bonds is 0. The summed E-state index contributed by atoms with van der Waals surface area (Å²) in [5, 5.41) is 3.37. The van der Waals surface area contributed by atoms with Gasteiger partial charge in [-0.3, -0.25) is 0 Å². The predicted octanol–water partition coefficient (Wildman–Crippen LogP) is 4.09. The minimum atomic E-state index is -0.241. The number of halogens is 1. The first-order chi connectivity index (χ1) is 13.7. The Balaban J connectivity index is 1.67. The van der Waals surface area contributed by atoms with Crippen molar-refractivity contribution in [3.8, 4) is 5.75 Å². The first kappa shape index (κ1) is 17.2. The summed E-state index contributed by atoms with van der Waals surface area (Å²) in [5.41, 5.74) is 2.46. The van der Waals surface area contributed by atoms with Crippen molar-refractivity contribution < 1.29 is 9.13 Å². The number of hydrogen-bond acceptors (Lipinski definition) is 6. The van der Waals surface area contributed by atoms with Crippen molar-refractivity contribution in [1.82, 2.24) is 15.0 Å². The maximum absolute atomic E-state index is 14.1. The number of aromatic nitrogens is 3. The first-order valence-electron chi connectivity index (χ1n) is 9.77. The smallest absolute Gasteiger partial charge is 0.156 e. The van der Waals surface area contributed by atoms with Crippen LogP contribution in [0.1, 0.15) is 37.8 Å². The Morgan fingerprint density at radius 2 is 2.11 bits per heavy atom. The van der Waals surface area contributed by atoms with Crippen molar-refractivity contribution in [2.75, 3.05) is 23.3 Å². The number of nitrogens with one attached hydrogen (secondary N) is 1. The van der Waals surface area contributed by atoms with Crippen LogP contribution in [0.3, 0.4) is 0 Å². The molecule has 0 radical (unpaired) electrons. The summed E-state index contributed by atoms with van der Waals surface area (Å²) in [5.74, 6) is 2.10. The molecule has 5 rings (SSSR count). The summed E-state index contributed by atoms with van der Waals surface area (Å²) < 4.78 is 20.3. The Bertz CT molecular complexity index is 1030. The van der Waals surface area contributed by atoms with Gasteiger partial charge in [0.15, 0.2) is 5.82 Å². The van der Waals surface area contributed by atoms with Gasteiger partial charge in [0.1, 0.15) is 29.2 Å². The highest BCUT2D eigenvalue weighted by Gasteiger charge is 2.30. The van der Waals surface area contributed by atoms with Crippen LogP contribution < -0.4 is 15.0 Å². The third-order valence-electron chi connectivity index (χ3n) is 5.52. The molecule has 0 spiro atoms. The zero-order valence-corrected chi connectivity index (χ0v) is 15.7. The van der Waals surface area contributed by atoms with E-state index in [9.17, 15) is 4.39 Å². The van der Waals surface area contributed by atoms with Crippen molar-refractivity contribution in [1.29, 1.82) is 0 Å². The van der Waals surface area contributed by atoms with Crippen LogP contribution in [0.15, 0.2) is 36.7 Å². The number of fused-ring (bicyclic) bond motifs is 5. The van der Waals surface area contributed by atoms with Crippen LogP contribution in [-0.4, -0.2) is 34.1 Å². The molecule has 0 amide bonds. The van der Waals surface area contributed by atoms with Crippen LogP contribution in [0, 0.1) is 5.82 Å². The average Bonchev–Trinajstić information content (AvgIpc) is 3.18. The number of pyridine rings is 1. The lowest BCUT2D eigenvalue weighted by Crippen LogP contribution is -2.24. The molecule has 0 aliphatic carbocycles. The quantitative estimate of drug-likeness (QED) is 0.635. The van der Waals surface area contributed by atoms with E-state index in [1.54, 1.807) is 18.5 Å². The molecule has 28 heavy (non-hydrogen) atoms. The van der Waals surface area contributed by atoms with Crippen molar-refractivity contribution in [3.63, 3.8) is 0 Å². The van der Waals surface area contributed by atoms with Crippen molar-refractivity contribution >= 4 is 22.7 Å². The highest BCUT2D eigenvalue weighted by Crippen LogP contribution is 2.40. The topological polar surface area (TPSA) is 63.2 Å². The summed E-state index contributed by atoms with van der Waals surface area (Å²) in [6.45, 7) is 3.60. The van der Waals surface area contributed by atoms with Crippen LogP contribution >= 0.6 is 0 Å². The Kier molecular flexibility index (Phi) is 4.22. The Hall–Kier alpha value is -2.96. The molecule has 1 aromatic carbocycles. The van der Waals surface area contributed by atoms with Gasteiger partial charge in [-0.2, -0.15) is 0 Å². The van der Waals surface area contributed by atoms with Gasteiger partial charge < -0.3 is 15.0 Å². The molecule has 7 heteroatoms. The average molecular weight is 379 g/mol. The van der Waals surface area contributed by atoms with Gasteiger partial charge >= 0.3 is 0 Å². The van der Waals surface area contributed by atoms with Gasteiger partial charge in [0.25, 0.3) is 0 Å². The molecule has 4 heterocycles. The lowest BCUT2D eigenvalue weighted by Gasteiger charge is -2.28. The predicted molar refractivity (Wildman–Crippen MR) is 106 cm³/mol. The number of anilines is 2. The van der Waals surface area contributed by atoms with E-state index < -0.39 is 0 Å². The SMILES string of the molecule is C[C@H]1CCNc2ncnc3ccc(nc23)N2CCC[C@@H]2c2cc(F)ccc2O1. The molecule has 2 aliphatic heterocycles. The van der Waals surface area contributed by atoms with Crippen molar-refractivity contribution in [3.05, 3.63) is 48.0 Å². The molecule has 0 saturated carbocycles. The van der Waals surface area contributed by atoms with Gasteiger partial charge in [0.05, 0.1) is 17.7 Å². The fourth-order valence-corrected chi connectivity index (χ4v) is 4.14. The summed E-state index contributed by atoms with van der Waals surface area (Å²) in [4.78, 5) is 15.9. The summed E-state index contributed by atoms with van der Waals surface area (Å²) >= 11 is 0. The zero-order chi connectivity index (χ0) is 19.1. The summed E-state index contributed by atoms with van der Waals surface area (Å²) in [7, 11) is 0. The van der Waals surface area contributed by atoms with E-state index in [1.165, 1.54) is 6.07 Å². The van der Waals surface area contributed by atoms with Crippen molar-refractivity contribution in [2.24, 2.45) is 0 Å². The number of benzene rings is 1. The first-order valence-corrected chi connectivity index (χ1v) is 9.77. The molecule has 3 aromatic rings. The fourth-order valence-electron chi connectivity index (χ4n) is 4.14. The monoisotopic (exact) mass is 379 g/mol. The molecular formula is C21H22FN5O. The van der Waals surface area contributed by atoms with Gasteiger partial charge in [-0.05, 0) is 50.1 Å². The minimum absolute atomic E-state index is 0.0132. The number of hydrogen-bond donors (Lipinski definition) is 1. The fraction of sp³-hybridized carbons (Fsp3) is 0.381. The third-order valence-corrected chi connectivity index (χ3v) is 5.52. The molecular weight excluding hydrogens is 357 g/mol. The van der Waals surface area contributed by atoms with Gasteiger partial charge in [-0.1, -0.05) is 0 Å². The summed E-state index contributed by atoms with van der Waals surface area (Å²) in [6.07, 6.45) is 4.29. The number of nitrogens with zero attached hydrogens (tertiary/aromatic N) is 4. The molecule has 1 saturated heterocycles. The molecule has 2 aliphatic rings. The lowest BCUT2D eigenvalue weighted by molar-refractivity contribution is 0.212. The van der Waals surface area contributed by atoms with Crippen LogP contribution in [0.25, 0.3) is 11.0 Å². The second-order valence-corrected chi connectivity index (χ2v) is 7.44. The normalized spacial score (nSPS) is 21.7. The molecule has 6 nitrogen and oxygen atoms in total. The Morgan fingerprint density at radius 1 is 1.18 bits per heavy atom. The van der Waals surface area contributed by atoms with Crippen LogP contribution in [-0.2, 0) is 0 Å². The van der Waals surface area contributed by atoms with E-state index >= 15 is 0 Å². The van der Waals surface area contributed by atoms with Gasteiger partial charge in [-0.25, -0.2) is 19.3 Å². The van der Waals surface area contributed by atoms with Gasteiger partial charge in [-0.15, -0.1) is 0 Å². The van der Waals surface area contributed by atoms with Gasteiger partial charge in [0.2, 0.25) is 0 Å². The van der Waals surface area contributed by atoms with Crippen LogP contribution in [0.4, 0.5) is 16.0 Å². The molecule has 2 atom stereocenters. The highest BCUT2D eigenvalue weighted by atomic mass is 19.1. The maximum Gasteiger partial charge on any atom is 0.156 e. The van der Waals surface area contributed by atoms with Crippen LogP contribution in [0.2, 0.25) is 0 Å². The number of ether oxygens (including phenoxy) is 1. The molecule has 1 N–H and O–H groups in total. The minimum Gasteiger partial charge on any atom is -0.490 e. The Labute approximate surface area is 162 Å². The molecule has 2 aromatic heterocycles. The second-order valence-electron chi connectivity index (χ2n) is 7.44. The van der Waals surface area contributed by atoms with E-state index in [0.717, 1.165) is 59.8 Å². The molecule has 144 valence electrons. The van der Waals surface area contributed by atoms with Crippen molar-refractivity contribution in [2.45, 2.75) is 38.3 Å². The third kappa shape index (κ3) is 3.00. The van der Waals surface area contributed by atoms with E-state index in [-0.39, 0.29) is 18.0 Å². The second kappa shape index (κ2) is 6.89. The zero-order valence-electron chi connectivity index (χ0n) is 15.7. The van der Waals surface area contributed by atoms with E-state index in [0.29, 0.717) is 6.54 Å². The maximum atomic E-state index is 14.1. The van der Waals surface area contributed by atoms with E-state index in [4.69, 9.17) is 9.72 Å². The lowest BCUT2D eigenvalue weighted by atomic mass is 10.0. The Morgan fingerprint density at radius 3 is 3.04 bits per heavy atom. The van der Waals surface area contributed by atoms with E-state index in [1.807, 2.05) is 19.1 Å². The molecule has 0 unspecified atom stereocenters. The summed E-state index contributed by atoms with van der Waals surface area (Å²) in [6, 6.07) is 8.83. The largest absolute Gasteiger partial charge is 0.490 e.